The van der Waals surface area contributed by atoms with E-state index in [9.17, 15) is 28.0 Å². The number of ether oxygens (including phenoxy) is 1. The van der Waals surface area contributed by atoms with Crippen molar-refractivity contribution in [2.75, 3.05) is 19.7 Å². The summed E-state index contributed by atoms with van der Waals surface area (Å²) in [5.74, 6) is -0.946. The Balaban J connectivity index is 1.53. The van der Waals surface area contributed by atoms with E-state index in [4.69, 9.17) is 4.74 Å². The second kappa shape index (κ2) is 13.5. The number of pyridine rings is 1. The van der Waals surface area contributed by atoms with Crippen LogP contribution in [0.1, 0.15) is 68.0 Å². The Bertz CT molecular complexity index is 1370. The molecule has 11 nitrogen and oxygen atoms in total. The molecule has 13 heteroatoms. The molecule has 1 saturated heterocycles. The van der Waals surface area contributed by atoms with Crippen LogP contribution in [-0.4, -0.2) is 67.0 Å². The summed E-state index contributed by atoms with van der Waals surface area (Å²) in [5.41, 5.74) is -0.0124. The number of carbonyl (C=O) groups is 3. The Labute approximate surface area is 237 Å². The number of nitrogens with zero attached hydrogens (tertiary/aromatic N) is 3. The van der Waals surface area contributed by atoms with Gasteiger partial charge in [-0.05, 0) is 49.6 Å². The van der Waals surface area contributed by atoms with Gasteiger partial charge in [-0.15, -0.1) is 11.3 Å². The Morgan fingerprint density at radius 2 is 2.00 bits per heavy atom. The molecule has 2 aromatic rings. The number of sulfonamides is 1. The molecule has 216 valence electrons. The fourth-order valence-corrected chi connectivity index (χ4v) is 7.32. The zero-order valence-electron chi connectivity index (χ0n) is 22.5. The summed E-state index contributed by atoms with van der Waals surface area (Å²) >= 11 is 1.22. The van der Waals surface area contributed by atoms with E-state index in [1.807, 2.05) is 6.92 Å². The van der Waals surface area contributed by atoms with Gasteiger partial charge >= 0.3 is 15.0 Å². The van der Waals surface area contributed by atoms with Crippen LogP contribution in [-0.2, 0) is 19.6 Å². The molecule has 0 spiro atoms. The number of carbonyl (C=O) groups excluding carboxylic acids is 3. The second-order valence-electron chi connectivity index (χ2n) is 9.96. The first kappa shape index (κ1) is 29.8. The van der Waals surface area contributed by atoms with E-state index >= 15 is 0 Å². The summed E-state index contributed by atoms with van der Waals surface area (Å²) in [5, 5.41) is 14.2. The highest BCUT2D eigenvalue weighted by atomic mass is 32.2. The van der Waals surface area contributed by atoms with Crippen LogP contribution in [0.5, 0.6) is 5.75 Å². The van der Waals surface area contributed by atoms with Crippen molar-refractivity contribution in [1.29, 1.82) is 0 Å². The van der Waals surface area contributed by atoms with Crippen molar-refractivity contribution in [1.82, 2.24) is 9.62 Å². The van der Waals surface area contributed by atoms with Crippen LogP contribution in [0.15, 0.2) is 45.9 Å². The van der Waals surface area contributed by atoms with E-state index in [-0.39, 0.29) is 36.0 Å². The lowest BCUT2D eigenvalue weighted by Gasteiger charge is -2.25. The molecule has 2 amide bonds. The van der Waals surface area contributed by atoms with E-state index in [1.165, 1.54) is 35.7 Å². The molecule has 1 saturated carbocycles. The molecule has 2 N–H and O–H groups in total. The zero-order valence-corrected chi connectivity index (χ0v) is 24.1. The molecule has 2 fully saturated rings. The van der Waals surface area contributed by atoms with Gasteiger partial charge in [0, 0.05) is 23.4 Å². The summed E-state index contributed by atoms with van der Waals surface area (Å²) in [6.07, 6.45) is 7.16. The van der Waals surface area contributed by atoms with E-state index in [1.54, 1.807) is 11.4 Å². The fourth-order valence-electron chi connectivity index (χ4n) is 5.12. The molecular weight excluding hydrogens is 556 g/mol. The Kier molecular flexibility index (Phi) is 10.0. The van der Waals surface area contributed by atoms with Crippen LogP contribution in [0.2, 0.25) is 0 Å². The molecule has 1 atom stereocenters. The van der Waals surface area contributed by atoms with Gasteiger partial charge < -0.3 is 10.1 Å². The van der Waals surface area contributed by atoms with Gasteiger partial charge in [-0.1, -0.05) is 32.1 Å². The van der Waals surface area contributed by atoms with E-state index < -0.39 is 40.2 Å². The number of ketones is 1. The summed E-state index contributed by atoms with van der Waals surface area (Å²) in [6, 6.07) is 4.97. The normalized spacial score (nSPS) is 19.2. The van der Waals surface area contributed by atoms with Crippen LogP contribution in [0.25, 0.3) is 0 Å². The van der Waals surface area contributed by atoms with Crippen LogP contribution in [0.4, 0.5) is 0 Å². The van der Waals surface area contributed by atoms with Gasteiger partial charge in [-0.3, -0.25) is 19.6 Å². The van der Waals surface area contributed by atoms with Gasteiger partial charge in [0.1, 0.15) is 16.7 Å². The highest BCUT2D eigenvalue weighted by Crippen LogP contribution is 2.29. The molecular formula is C27H35N4O7S2+. The predicted octanol–water partition coefficient (Wildman–Crippen LogP) is 2.76. The Morgan fingerprint density at radius 3 is 2.73 bits per heavy atom. The topological polar surface area (TPSA) is 146 Å². The smallest absolute Gasteiger partial charge is 0.361 e. The largest absolute Gasteiger partial charge is 0.492 e. The highest BCUT2D eigenvalue weighted by Gasteiger charge is 2.37. The van der Waals surface area contributed by atoms with Crippen molar-refractivity contribution in [3.05, 3.63) is 40.7 Å². The maximum atomic E-state index is 13.5. The maximum absolute atomic E-state index is 13.5. The molecule has 0 bridgehead atoms. The standard InChI is InChI=1S/C27H34N4O7S2/c1-2-38-23-13-16-39-25(23)27(34)29-21(17-19-9-4-3-5-10-19)26(33)28-20-11-8-14-30(18-22(20)32)40(36,37)24-12-6-7-15-31(24)35/h6-7,12-13,15-16,19,21H,2-5,8-11,14,17-18H2,1H3,(H-,29,34,35)/p+1/t21-/m0/s1. The predicted molar refractivity (Wildman–Crippen MR) is 147 cm³/mol. The van der Waals surface area contributed by atoms with Crippen molar-refractivity contribution in [2.45, 2.75) is 69.4 Å². The van der Waals surface area contributed by atoms with Crippen molar-refractivity contribution >= 4 is 44.7 Å². The van der Waals surface area contributed by atoms with Crippen LogP contribution in [0, 0.1) is 5.92 Å². The molecule has 1 aliphatic heterocycles. The van der Waals surface area contributed by atoms with Gasteiger partial charge in [-0.2, -0.15) is 4.31 Å². The summed E-state index contributed by atoms with van der Waals surface area (Å²) in [6.45, 7) is 1.74. The fraction of sp³-hybridized carbons (Fsp3) is 0.519. The zero-order chi connectivity index (χ0) is 28.7. The molecule has 0 unspecified atom stereocenters. The van der Waals surface area contributed by atoms with E-state index in [0.29, 0.717) is 28.4 Å². The number of amides is 2. The first-order valence-corrected chi connectivity index (χ1v) is 15.9. The summed E-state index contributed by atoms with van der Waals surface area (Å²) in [4.78, 5) is 44.2. The van der Waals surface area contributed by atoms with Gasteiger partial charge in [0.15, 0.2) is 5.78 Å². The molecule has 2 aromatic heterocycles. The van der Waals surface area contributed by atoms with E-state index in [0.717, 1.165) is 36.4 Å². The number of thiophene rings is 1. The minimum atomic E-state index is -4.17. The molecule has 1 aliphatic carbocycles. The van der Waals surface area contributed by atoms with Gasteiger partial charge in [-0.25, -0.2) is 13.4 Å². The second-order valence-corrected chi connectivity index (χ2v) is 12.8. The van der Waals surface area contributed by atoms with Crippen molar-refractivity contribution in [3.8, 4) is 5.75 Å². The number of rotatable bonds is 9. The molecule has 3 heterocycles. The quantitative estimate of drug-likeness (QED) is 0.337. The average molecular weight is 592 g/mol. The third-order valence-electron chi connectivity index (χ3n) is 7.15. The Morgan fingerprint density at radius 1 is 1.23 bits per heavy atom. The van der Waals surface area contributed by atoms with Crippen molar-refractivity contribution in [2.24, 2.45) is 10.9 Å². The van der Waals surface area contributed by atoms with Gasteiger partial charge in [0.25, 0.3) is 11.8 Å². The molecule has 4 rings (SSSR count). The number of nitrogens with one attached hydrogen (secondary N) is 1. The first-order valence-electron chi connectivity index (χ1n) is 13.6. The van der Waals surface area contributed by atoms with Crippen molar-refractivity contribution in [3.63, 3.8) is 0 Å². The lowest BCUT2D eigenvalue weighted by Crippen LogP contribution is -2.44. The van der Waals surface area contributed by atoms with Crippen LogP contribution in [0.3, 0.4) is 0 Å². The monoisotopic (exact) mass is 591 g/mol. The minimum Gasteiger partial charge on any atom is -0.492 e. The Hall–Kier alpha value is -3.16. The minimum absolute atomic E-state index is 0.0124. The lowest BCUT2D eigenvalue weighted by molar-refractivity contribution is -0.933. The van der Waals surface area contributed by atoms with Crippen molar-refractivity contribution < 1.29 is 37.5 Å². The SMILES string of the molecule is CCOc1ccsc1C(=O)N[C@@H](CC1CCCCC1)C(=O)N=C1CCCN(S(=O)(=O)c2cccc[n+]2O)CC1=O. The summed E-state index contributed by atoms with van der Waals surface area (Å²) < 4.78 is 33.2. The van der Waals surface area contributed by atoms with Gasteiger partial charge in [0.05, 0.1) is 18.9 Å². The molecule has 2 aliphatic rings. The molecule has 40 heavy (non-hydrogen) atoms. The average Bonchev–Trinajstić information content (AvgIpc) is 3.32. The number of aromatic nitrogens is 1. The lowest BCUT2D eigenvalue weighted by atomic mass is 9.84. The number of hydrogen-bond acceptors (Lipinski definition) is 8. The third-order valence-corrected chi connectivity index (χ3v) is 9.89. The number of hydrogen-bond donors (Lipinski definition) is 2. The first-order chi connectivity index (χ1) is 19.2. The van der Waals surface area contributed by atoms with Crippen LogP contribution >= 0.6 is 11.3 Å². The van der Waals surface area contributed by atoms with Crippen LogP contribution < -0.4 is 14.8 Å². The van der Waals surface area contributed by atoms with Gasteiger partial charge in [0.2, 0.25) is 6.20 Å². The summed E-state index contributed by atoms with van der Waals surface area (Å²) in [7, 11) is -4.17. The molecule has 0 radical (unpaired) electrons. The number of Topliss-reactive ketones (excluding diaryl/α,β-unsaturated/α-hetero) is 1. The third kappa shape index (κ3) is 7.12. The van der Waals surface area contributed by atoms with E-state index in [2.05, 4.69) is 10.3 Å². The molecule has 0 aromatic carbocycles. The maximum Gasteiger partial charge on any atom is 0.361 e. The highest BCUT2D eigenvalue weighted by molar-refractivity contribution is 7.89. The number of aliphatic imine (C=N–C) groups is 1.